The normalized spacial score (nSPS) is 50.6. The Labute approximate surface area is 168 Å². The summed E-state index contributed by atoms with van der Waals surface area (Å²) in [4.78, 5) is 25.4. The molecule has 4 heteroatoms. The summed E-state index contributed by atoms with van der Waals surface area (Å²) in [6.45, 7) is 8.46. The van der Waals surface area contributed by atoms with E-state index in [1.807, 2.05) is 19.9 Å². The Hall–Kier alpha value is -1.16. The molecule has 1 unspecified atom stereocenters. The Balaban J connectivity index is 1.73. The van der Waals surface area contributed by atoms with Crippen LogP contribution in [-0.4, -0.2) is 28.1 Å². The first kappa shape index (κ1) is 20.1. The monoisotopic (exact) mass is 388 g/mol. The average molecular weight is 389 g/mol. The highest BCUT2D eigenvalue weighted by atomic mass is 16.4. The quantitative estimate of drug-likeness (QED) is 0.685. The van der Waals surface area contributed by atoms with E-state index < -0.39 is 5.97 Å². The first-order valence-electron chi connectivity index (χ1n) is 11.3. The zero-order valence-corrected chi connectivity index (χ0v) is 17.8. The molecule has 28 heavy (non-hydrogen) atoms. The maximum Gasteiger partial charge on any atom is 0.306 e. The molecule has 0 aliphatic heterocycles. The lowest BCUT2D eigenvalue weighted by molar-refractivity contribution is -0.153. The van der Waals surface area contributed by atoms with Gasteiger partial charge in [0.1, 0.15) is 0 Å². The molecule has 0 spiro atoms. The summed E-state index contributed by atoms with van der Waals surface area (Å²) < 4.78 is 0. The number of carboxylic acids is 1. The first-order chi connectivity index (χ1) is 13.1. The SMILES string of the molecule is C/C=C1/C(=O)[C@@H]2[C@H](CC[C@]3(C)C([C@H](C)C(=O)O)CC[C@@H]23)[C@@]2(C)CC[C@@H](O)C[C@@H]12. The second kappa shape index (κ2) is 6.68. The molecule has 9 atom stereocenters. The fraction of sp³-hybridized carbons (Fsp3) is 0.833. The minimum atomic E-state index is -0.702. The lowest BCUT2D eigenvalue weighted by atomic mass is 9.43. The number of ketones is 1. The second-order valence-corrected chi connectivity index (χ2v) is 10.7. The Morgan fingerprint density at radius 3 is 2.39 bits per heavy atom. The van der Waals surface area contributed by atoms with Crippen LogP contribution in [0.25, 0.3) is 0 Å². The van der Waals surface area contributed by atoms with Gasteiger partial charge in [0.25, 0.3) is 0 Å². The van der Waals surface area contributed by atoms with Crippen molar-refractivity contribution < 1.29 is 19.8 Å². The highest BCUT2D eigenvalue weighted by Gasteiger charge is 2.64. The number of Topliss-reactive ketones (excluding diaryl/α,β-unsaturated/α-hetero) is 1. The van der Waals surface area contributed by atoms with Crippen molar-refractivity contribution in [3.63, 3.8) is 0 Å². The molecule has 0 radical (unpaired) electrons. The summed E-state index contributed by atoms with van der Waals surface area (Å²) in [6.07, 6.45) is 8.21. The van der Waals surface area contributed by atoms with Crippen LogP contribution >= 0.6 is 0 Å². The number of rotatable bonds is 2. The van der Waals surface area contributed by atoms with Crippen molar-refractivity contribution in [3.05, 3.63) is 11.6 Å². The van der Waals surface area contributed by atoms with Crippen molar-refractivity contribution in [2.24, 2.45) is 46.3 Å². The molecule has 0 aromatic carbocycles. The van der Waals surface area contributed by atoms with Crippen molar-refractivity contribution in [2.75, 3.05) is 0 Å². The van der Waals surface area contributed by atoms with Gasteiger partial charge in [0, 0.05) is 5.92 Å². The Morgan fingerprint density at radius 2 is 1.75 bits per heavy atom. The van der Waals surface area contributed by atoms with Gasteiger partial charge in [0.05, 0.1) is 12.0 Å². The number of hydrogen-bond acceptors (Lipinski definition) is 3. The van der Waals surface area contributed by atoms with Crippen LogP contribution in [0.3, 0.4) is 0 Å². The molecule has 0 bridgehead atoms. The number of allylic oxidation sites excluding steroid dienone is 2. The molecule has 0 aromatic heterocycles. The molecule has 0 saturated heterocycles. The van der Waals surface area contributed by atoms with Crippen LogP contribution in [0.1, 0.15) is 72.6 Å². The molecule has 4 aliphatic carbocycles. The molecule has 4 fully saturated rings. The minimum Gasteiger partial charge on any atom is -0.481 e. The van der Waals surface area contributed by atoms with Crippen LogP contribution in [0.5, 0.6) is 0 Å². The van der Waals surface area contributed by atoms with Gasteiger partial charge in [-0.25, -0.2) is 0 Å². The van der Waals surface area contributed by atoms with Gasteiger partial charge >= 0.3 is 5.97 Å². The third-order valence-corrected chi connectivity index (χ3v) is 9.78. The van der Waals surface area contributed by atoms with Crippen LogP contribution < -0.4 is 0 Å². The van der Waals surface area contributed by atoms with Crippen molar-refractivity contribution >= 4 is 11.8 Å². The van der Waals surface area contributed by atoms with E-state index in [0.717, 1.165) is 44.1 Å². The van der Waals surface area contributed by atoms with Gasteiger partial charge in [-0.15, -0.1) is 0 Å². The predicted octanol–water partition coefficient (Wildman–Crippen LogP) is 4.46. The maximum absolute atomic E-state index is 13.7. The van der Waals surface area contributed by atoms with E-state index >= 15 is 0 Å². The molecule has 0 aromatic rings. The van der Waals surface area contributed by atoms with E-state index in [1.54, 1.807) is 0 Å². The molecule has 4 saturated carbocycles. The summed E-state index contributed by atoms with van der Waals surface area (Å²) in [5.74, 6) is 0.302. The summed E-state index contributed by atoms with van der Waals surface area (Å²) in [7, 11) is 0. The molecule has 0 amide bonds. The van der Waals surface area contributed by atoms with Crippen molar-refractivity contribution in [1.82, 2.24) is 0 Å². The third kappa shape index (κ3) is 2.59. The van der Waals surface area contributed by atoms with E-state index in [-0.39, 0.29) is 40.6 Å². The second-order valence-electron chi connectivity index (χ2n) is 10.7. The number of aliphatic carboxylic acids is 1. The summed E-state index contributed by atoms with van der Waals surface area (Å²) in [5, 5.41) is 19.9. The highest BCUT2D eigenvalue weighted by molar-refractivity contribution is 5.99. The molecule has 4 rings (SSSR count). The van der Waals surface area contributed by atoms with Crippen LogP contribution in [0.4, 0.5) is 0 Å². The fourth-order valence-corrected chi connectivity index (χ4v) is 8.22. The minimum absolute atomic E-state index is 0.0347. The van der Waals surface area contributed by atoms with E-state index in [4.69, 9.17) is 0 Å². The lowest BCUT2D eigenvalue weighted by Gasteiger charge is -2.60. The molecular formula is C24H36O4. The van der Waals surface area contributed by atoms with Crippen molar-refractivity contribution in [3.8, 4) is 0 Å². The Kier molecular flexibility index (Phi) is 4.80. The predicted molar refractivity (Wildman–Crippen MR) is 108 cm³/mol. The Bertz CT molecular complexity index is 711. The topological polar surface area (TPSA) is 74.6 Å². The van der Waals surface area contributed by atoms with E-state index in [9.17, 15) is 19.8 Å². The number of carboxylic acid groups (broad SMARTS) is 1. The largest absolute Gasteiger partial charge is 0.481 e. The number of aliphatic hydroxyl groups excluding tert-OH is 1. The smallest absolute Gasteiger partial charge is 0.306 e. The molecule has 4 aliphatic rings. The molecule has 4 nitrogen and oxygen atoms in total. The third-order valence-electron chi connectivity index (χ3n) is 9.78. The van der Waals surface area contributed by atoms with Crippen LogP contribution in [0.15, 0.2) is 11.6 Å². The zero-order chi connectivity index (χ0) is 20.4. The highest BCUT2D eigenvalue weighted by Crippen LogP contribution is 2.68. The van der Waals surface area contributed by atoms with Crippen LogP contribution in [-0.2, 0) is 9.59 Å². The number of fused-ring (bicyclic) bond motifs is 5. The van der Waals surface area contributed by atoms with Crippen molar-refractivity contribution in [2.45, 2.75) is 78.7 Å². The number of hydrogen-bond donors (Lipinski definition) is 2. The van der Waals surface area contributed by atoms with Gasteiger partial charge < -0.3 is 10.2 Å². The van der Waals surface area contributed by atoms with Gasteiger partial charge in [-0.2, -0.15) is 0 Å². The van der Waals surface area contributed by atoms with Gasteiger partial charge in [-0.3, -0.25) is 9.59 Å². The van der Waals surface area contributed by atoms with Crippen LogP contribution in [0.2, 0.25) is 0 Å². The van der Waals surface area contributed by atoms with Crippen molar-refractivity contribution in [1.29, 1.82) is 0 Å². The molecule has 156 valence electrons. The maximum atomic E-state index is 13.7. The van der Waals surface area contributed by atoms with E-state index in [0.29, 0.717) is 24.0 Å². The average Bonchev–Trinajstić information content (AvgIpc) is 3.00. The molecular weight excluding hydrogens is 352 g/mol. The summed E-state index contributed by atoms with van der Waals surface area (Å²) in [5.41, 5.74) is 0.976. The fourth-order valence-electron chi connectivity index (χ4n) is 8.22. The van der Waals surface area contributed by atoms with Gasteiger partial charge in [-0.1, -0.05) is 26.8 Å². The molecule has 2 N–H and O–H groups in total. The summed E-state index contributed by atoms with van der Waals surface area (Å²) >= 11 is 0. The van der Waals surface area contributed by atoms with E-state index in [2.05, 4.69) is 13.8 Å². The Morgan fingerprint density at radius 1 is 1.11 bits per heavy atom. The number of carbonyl (C=O) groups excluding carboxylic acids is 1. The van der Waals surface area contributed by atoms with E-state index in [1.165, 1.54) is 0 Å². The number of aliphatic hydroxyl groups is 1. The van der Waals surface area contributed by atoms with Gasteiger partial charge in [0.2, 0.25) is 0 Å². The standard InChI is InChI=1S/C24H36O4/c1-5-15-19-12-14(25)8-10-24(19,4)18-9-11-23(3)16(13(2)22(27)28)6-7-17(23)20(18)21(15)26/h5,13-14,16-20,25H,6-12H2,1-4H3,(H,27,28)/b15-5+/t13-,14+,16?,17-,18-,19-,20-,23+,24+/m0/s1. The zero-order valence-electron chi connectivity index (χ0n) is 17.8. The van der Waals surface area contributed by atoms with Gasteiger partial charge in [0.15, 0.2) is 5.78 Å². The number of carbonyl (C=O) groups is 2. The van der Waals surface area contributed by atoms with Crippen LogP contribution in [0, 0.1) is 46.3 Å². The summed E-state index contributed by atoms with van der Waals surface area (Å²) in [6, 6.07) is 0. The first-order valence-corrected chi connectivity index (χ1v) is 11.3. The lowest BCUT2D eigenvalue weighted by Crippen LogP contribution is -2.58. The molecule has 0 heterocycles. The van der Waals surface area contributed by atoms with Gasteiger partial charge in [-0.05, 0) is 91.9 Å².